The molecular weight excluding hydrogens is 296 g/mol. The highest BCUT2D eigenvalue weighted by molar-refractivity contribution is 5.73. The summed E-state index contributed by atoms with van der Waals surface area (Å²) in [5, 5.41) is 7.50. The molecule has 130 valence electrons. The molecule has 2 rings (SSSR count). The lowest BCUT2D eigenvalue weighted by Gasteiger charge is -2.27. The van der Waals surface area contributed by atoms with Gasteiger partial charge in [-0.15, -0.1) is 0 Å². The number of nitrogens with one attached hydrogen (secondary N) is 1. The molecular formula is C16H28N4O3. The molecule has 0 aliphatic carbocycles. The van der Waals surface area contributed by atoms with Gasteiger partial charge in [0.2, 0.25) is 0 Å². The van der Waals surface area contributed by atoms with E-state index in [1.54, 1.807) is 11.9 Å². The number of aromatic nitrogens is 2. The van der Waals surface area contributed by atoms with Gasteiger partial charge in [-0.05, 0) is 27.7 Å². The van der Waals surface area contributed by atoms with Gasteiger partial charge < -0.3 is 19.7 Å². The Balaban J connectivity index is 1.88. The zero-order chi connectivity index (χ0) is 17.0. The quantitative estimate of drug-likeness (QED) is 0.894. The molecule has 0 radical (unpaired) electrons. The first kappa shape index (κ1) is 17.7. The molecule has 1 fully saturated rings. The monoisotopic (exact) mass is 324 g/mol. The van der Waals surface area contributed by atoms with Crippen LogP contribution >= 0.6 is 0 Å². The van der Waals surface area contributed by atoms with Crippen molar-refractivity contribution in [2.45, 2.75) is 46.4 Å². The molecule has 2 amide bonds. The highest BCUT2D eigenvalue weighted by Gasteiger charge is 2.20. The van der Waals surface area contributed by atoms with Gasteiger partial charge in [-0.3, -0.25) is 4.68 Å². The van der Waals surface area contributed by atoms with Gasteiger partial charge in [-0.25, -0.2) is 4.79 Å². The summed E-state index contributed by atoms with van der Waals surface area (Å²) in [6, 6.07) is 0.194. The van der Waals surface area contributed by atoms with Crippen LogP contribution in [0.1, 0.15) is 36.8 Å². The molecule has 1 aliphatic rings. The normalized spacial score (nSPS) is 18.3. The summed E-state index contributed by atoms with van der Waals surface area (Å²) in [4.78, 5) is 13.9. The number of hydrogen-bond acceptors (Lipinski definition) is 4. The van der Waals surface area contributed by atoms with Crippen LogP contribution in [0.5, 0.6) is 0 Å². The Morgan fingerprint density at radius 1 is 1.43 bits per heavy atom. The summed E-state index contributed by atoms with van der Waals surface area (Å²) in [5.41, 5.74) is 3.14. The van der Waals surface area contributed by atoms with Crippen LogP contribution in [-0.2, 0) is 16.0 Å². The molecule has 1 aromatic heterocycles. The molecule has 0 bridgehead atoms. The van der Waals surface area contributed by atoms with Crippen molar-refractivity contribution in [1.82, 2.24) is 20.0 Å². The van der Waals surface area contributed by atoms with Crippen LogP contribution in [0, 0.1) is 13.8 Å². The van der Waals surface area contributed by atoms with Crippen LogP contribution in [0.2, 0.25) is 0 Å². The second-order valence-corrected chi connectivity index (χ2v) is 6.29. The Bertz CT molecular complexity index is 536. The Kier molecular flexibility index (Phi) is 6.01. The Labute approximate surface area is 137 Å². The minimum absolute atomic E-state index is 0.0494. The lowest BCUT2D eigenvalue weighted by molar-refractivity contribution is -0.0928. The number of ether oxygens (including phenoxy) is 2. The lowest BCUT2D eigenvalue weighted by Crippen LogP contribution is -2.44. The second kappa shape index (κ2) is 7.79. The van der Waals surface area contributed by atoms with Crippen molar-refractivity contribution >= 4 is 6.03 Å². The van der Waals surface area contributed by atoms with E-state index in [1.165, 1.54) is 0 Å². The van der Waals surface area contributed by atoms with Crippen LogP contribution < -0.4 is 5.32 Å². The standard InChI is InChI=1S/C16H28N4O3/c1-11(2)20-13(4)15(12(3)18-20)8-17-16(21)19(5)9-14-10-22-6-7-23-14/h11,14H,6-10H2,1-5H3,(H,17,21)/t14-/m1/s1. The molecule has 0 saturated carbocycles. The maximum Gasteiger partial charge on any atom is 0.317 e. The van der Waals surface area contributed by atoms with Crippen molar-refractivity contribution < 1.29 is 14.3 Å². The third-order valence-electron chi connectivity index (χ3n) is 4.09. The van der Waals surface area contributed by atoms with Crippen LogP contribution in [0.15, 0.2) is 0 Å². The lowest BCUT2D eigenvalue weighted by atomic mass is 10.2. The summed E-state index contributed by atoms with van der Waals surface area (Å²) in [6.45, 7) is 11.0. The minimum atomic E-state index is -0.115. The smallest absolute Gasteiger partial charge is 0.317 e. The molecule has 7 heteroatoms. The van der Waals surface area contributed by atoms with E-state index in [-0.39, 0.29) is 12.1 Å². The molecule has 1 aromatic rings. The molecule has 23 heavy (non-hydrogen) atoms. The van der Waals surface area contributed by atoms with E-state index in [2.05, 4.69) is 24.3 Å². The van der Waals surface area contributed by atoms with Gasteiger partial charge in [0.05, 0.1) is 38.2 Å². The predicted molar refractivity (Wildman–Crippen MR) is 87.5 cm³/mol. The van der Waals surface area contributed by atoms with Crippen molar-refractivity contribution in [2.75, 3.05) is 33.4 Å². The molecule has 0 unspecified atom stereocenters. The summed E-state index contributed by atoms with van der Waals surface area (Å²) in [6.07, 6.45) is -0.0494. The highest BCUT2D eigenvalue weighted by Crippen LogP contribution is 2.17. The summed E-state index contributed by atoms with van der Waals surface area (Å²) in [7, 11) is 1.77. The van der Waals surface area contributed by atoms with Gasteiger partial charge in [-0.1, -0.05) is 0 Å². The number of rotatable bonds is 5. The molecule has 1 aliphatic heterocycles. The van der Waals surface area contributed by atoms with Gasteiger partial charge in [-0.2, -0.15) is 5.10 Å². The molecule has 1 atom stereocenters. The van der Waals surface area contributed by atoms with Gasteiger partial charge in [0, 0.05) is 30.9 Å². The first-order chi connectivity index (χ1) is 10.9. The van der Waals surface area contributed by atoms with Gasteiger partial charge >= 0.3 is 6.03 Å². The van der Waals surface area contributed by atoms with E-state index in [1.807, 2.05) is 18.5 Å². The van der Waals surface area contributed by atoms with E-state index >= 15 is 0 Å². The highest BCUT2D eigenvalue weighted by atomic mass is 16.6. The van der Waals surface area contributed by atoms with Crippen molar-refractivity contribution in [2.24, 2.45) is 0 Å². The number of amides is 2. The third-order valence-corrected chi connectivity index (χ3v) is 4.09. The van der Waals surface area contributed by atoms with Crippen molar-refractivity contribution in [3.8, 4) is 0 Å². The average Bonchev–Trinajstić information content (AvgIpc) is 2.81. The minimum Gasteiger partial charge on any atom is -0.376 e. The van der Waals surface area contributed by atoms with Crippen molar-refractivity contribution in [1.29, 1.82) is 0 Å². The SMILES string of the molecule is Cc1nn(C(C)C)c(C)c1CNC(=O)N(C)C[C@@H]1COCCO1. The number of aryl methyl sites for hydroxylation is 1. The zero-order valence-corrected chi connectivity index (χ0v) is 14.8. The molecule has 2 heterocycles. The largest absolute Gasteiger partial charge is 0.376 e. The van der Waals surface area contributed by atoms with E-state index in [4.69, 9.17) is 9.47 Å². The molecule has 7 nitrogen and oxygen atoms in total. The maximum absolute atomic E-state index is 12.2. The average molecular weight is 324 g/mol. The van der Waals surface area contributed by atoms with E-state index in [9.17, 15) is 4.79 Å². The van der Waals surface area contributed by atoms with Crippen LogP contribution in [0.25, 0.3) is 0 Å². The third kappa shape index (κ3) is 4.45. The fourth-order valence-electron chi connectivity index (χ4n) is 2.78. The fraction of sp³-hybridized carbons (Fsp3) is 0.750. The Morgan fingerprint density at radius 2 is 2.17 bits per heavy atom. The Hall–Kier alpha value is -1.60. The number of urea groups is 1. The molecule has 1 saturated heterocycles. The van der Waals surface area contributed by atoms with E-state index in [0.29, 0.717) is 39.0 Å². The zero-order valence-electron chi connectivity index (χ0n) is 14.8. The van der Waals surface area contributed by atoms with Gasteiger partial charge in [0.25, 0.3) is 0 Å². The second-order valence-electron chi connectivity index (χ2n) is 6.29. The van der Waals surface area contributed by atoms with Crippen molar-refractivity contribution in [3.05, 3.63) is 17.0 Å². The van der Waals surface area contributed by atoms with Crippen LogP contribution in [-0.4, -0.2) is 60.2 Å². The fourth-order valence-corrected chi connectivity index (χ4v) is 2.78. The topological polar surface area (TPSA) is 68.6 Å². The number of nitrogens with zero attached hydrogens (tertiary/aromatic N) is 3. The molecule has 0 spiro atoms. The predicted octanol–water partition coefficient (Wildman–Crippen LogP) is 1.64. The molecule has 1 N–H and O–H groups in total. The Morgan fingerprint density at radius 3 is 2.74 bits per heavy atom. The van der Waals surface area contributed by atoms with Crippen molar-refractivity contribution in [3.63, 3.8) is 0 Å². The van der Waals surface area contributed by atoms with Gasteiger partial charge in [0.15, 0.2) is 0 Å². The first-order valence-electron chi connectivity index (χ1n) is 8.13. The van der Waals surface area contributed by atoms with Gasteiger partial charge in [0.1, 0.15) is 0 Å². The summed E-state index contributed by atoms with van der Waals surface area (Å²) >= 11 is 0. The summed E-state index contributed by atoms with van der Waals surface area (Å²) in [5.74, 6) is 0. The van der Waals surface area contributed by atoms with Crippen LogP contribution in [0.3, 0.4) is 0 Å². The number of likely N-dealkylation sites (N-methyl/N-ethyl adjacent to an activating group) is 1. The molecule has 0 aromatic carbocycles. The van der Waals surface area contributed by atoms with E-state index in [0.717, 1.165) is 17.0 Å². The first-order valence-corrected chi connectivity index (χ1v) is 8.13. The summed E-state index contributed by atoms with van der Waals surface area (Å²) < 4.78 is 12.9. The number of carbonyl (C=O) groups excluding carboxylic acids is 1. The van der Waals surface area contributed by atoms with E-state index < -0.39 is 0 Å². The number of carbonyl (C=O) groups is 1. The maximum atomic E-state index is 12.2. The number of hydrogen-bond donors (Lipinski definition) is 1. The van der Waals surface area contributed by atoms with Crippen LogP contribution in [0.4, 0.5) is 4.79 Å².